The summed E-state index contributed by atoms with van der Waals surface area (Å²) in [6.07, 6.45) is 12.5. The zero-order valence-electron chi connectivity index (χ0n) is 9.78. The predicted molar refractivity (Wildman–Crippen MR) is 60.1 cm³/mol. The number of nitriles is 2. The standard InChI is InChI=1S/C12H20N2O2/c13-11-15-9-7-5-3-1-2-4-6-8-10-16-12-14/h1-10H2. The van der Waals surface area contributed by atoms with Gasteiger partial charge in [0.05, 0.1) is 0 Å². The van der Waals surface area contributed by atoms with Gasteiger partial charge < -0.3 is 9.47 Å². The SMILES string of the molecule is N#COCCCCCCCCCCOC#N. The fraction of sp³-hybridized carbons (Fsp3) is 0.833. The van der Waals surface area contributed by atoms with Crippen molar-refractivity contribution in [2.45, 2.75) is 51.4 Å². The lowest BCUT2D eigenvalue weighted by Gasteiger charge is -2.01. The lowest BCUT2D eigenvalue weighted by molar-refractivity contribution is 0.257. The molecular formula is C12H20N2O2. The number of rotatable bonds is 11. The molecule has 0 heterocycles. The highest BCUT2D eigenvalue weighted by molar-refractivity contribution is 4.51. The van der Waals surface area contributed by atoms with Gasteiger partial charge in [-0.3, -0.25) is 0 Å². The van der Waals surface area contributed by atoms with Gasteiger partial charge in [-0.1, -0.05) is 38.5 Å². The summed E-state index contributed by atoms with van der Waals surface area (Å²) in [5, 5.41) is 16.3. The summed E-state index contributed by atoms with van der Waals surface area (Å²) in [5.74, 6) is 0. The second-order valence-corrected chi connectivity index (χ2v) is 3.71. The van der Waals surface area contributed by atoms with Gasteiger partial charge in [0.15, 0.2) is 0 Å². The Balaban J connectivity index is 2.89. The minimum absolute atomic E-state index is 0.558. The summed E-state index contributed by atoms with van der Waals surface area (Å²) in [6, 6.07) is 0. The van der Waals surface area contributed by atoms with Crippen LogP contribution in [0.5, 0.6) is 0 Å². The second kappa shape index (κ2) is 13.6. The fourth-order valence-electron chi connectivity index (χ4n) is 1.50. The fourth-order valence-corrected chi connectivity index (χ4v) is 1.50. The summed E-state index contributed by atoms with van der Waals surface area (Å²) >= 11 is 0. The van der Waals surface area contributed by atoms with E-state index < -0.39 is 0 Å². The molecule has 0 aromatic heterocycles. The maximum absolute atomic E-state index is 8.13. The first-order valence-corrected chi connectivity index (χ1v) is 5.93. The van der Waals surface area contributed by atoms with Crippen LogP contribution in [0, 0.1) is 23.0 Å². The van der Waals surface area contributed by atoms with E-state index in [9.17, 15) is 0 Å². The van der Waals surface area contributed by atoms with Crippen LogP contribution < -0.4 is 0 Å². The molecule has 0 fully saturated rings. The van der Waals surface area contributed by atoms with E-state index in [4.69, 9.17) is 10.5 Å². The average molecular weight is 224 g/mol. The molecule has 0 spiro atoms. The van der Waals surface area contributed by atoms with Crippen molar-refractivity contribution < 1.29 is 9.47 Å². The molecule has 0 rings (SSSR count). The van der Waals surface area contributed by atoms with Gasteiger partial charge in [0, 0.05) is 0 Å². The van der Waals surface area contributed by atoms with Crippen molar-refractivity contribution in [2.75, 3.05) is 13.2 Å². The third-order valence-corrected chi connectivity index (χ3v) is 2.37. The summed E-state index contributed by atoms with van der Waals surface area (Å²) in [6.45, 7) is 1.12. The molecule has 0 unspecified atom stereocenters. The zero-order valence-corrected chi connectivity index (χ0v) is 9.78. The Kier molecular flexibility index (Phi) is 12.4. The molecule has 0 aliphatic carbocycles. The Hall–Kier alpha value is -1.42. The Morgan fingerprint density at radius 1 is 0.562 bits per heavy atom. The molecule has 0 aliphatic rings. The predicted octanol–water partition coefficient (Wildman–Crippen LogP) is 3.10. The minimum Gasteiger partial charge on any atom is -0.428 e. The molecule has 0 aromatic carbocycles. The molecule has 16 heavy (non-hydrogen) atoms. The quantitative estimate of drug-likeness (QED) is 0.399. The van der Waals surface area contributed by atoms with Crippen molar-refractivity contribution in [1.29, 1.82) is 10.5 Å². The number of nitrogens with zero attached hydrogens (tertiary/aromatic N) is 2. The molecule has 0 amide bonds. The van der Waals surface area contributed by atoms with Gasteiger partial charge in [-0.2, -0.15) is 10.5 Å². The first kappa shape index (κ1) is 14.6. The molecule has 4 heteroatoms. The van der Waals surface area contributed by atoms with Crippen LogP contribution in [0.3, 0.4) is 0 Å². The molecule has 0 bridgehead atoms. The largest absolute Gasteiger partial charge is 0.428 e. The van der Waals surface area contributed by atoms with E-state index in [-0.39, 0.29) is 0 Å². The van der Waals surface area contributed by atoms with E-state index >= 15 is 0 Å². The number of ether oxygens (including phenoxy) is 2. The minimum atomic E-state index is 0.558. The van der Waals surface area contributed by atoms with Crippen LogP contribution in [-0.4, -0.2) is 13.2 Å². The number of hydrogen-bond acceptors (Lipinski definition) is 4. The van der Waals surface area contributed by atoms with Crippen molar-refractivity contribution in [1.82, 2.24) is 0 Å². The van der Waals surface area contributed by atoms with Crippen molar-refractivity contribution in [3.63, 3.8) is 0 Å². The maximum atomic E-state index is 8.13. The van der Waals surface area contributed by atoms with Crippen LogP contribution >= 0.6 is 0 Å². The molecule has 4 nitrogen and oxygen atoms in total. The summed E-state index contributed by atoms with van der Waals surface area (Å²) in [4.78, 5) is 0. The smallest absolute Gasteiger partial charge is 0.286 e. The Bertz CT molecular complexity index is 194. The molecular weight excluding hydrogens is 204 g/mol. The first-order chi connectivity index (χ1) is 7.91. The van der Waals surface area contributed by atoms with Crippen LogP contribution in [0.25, 0.3) is 0 Å². The van der Waals surface area contributed by atoms with Crippen LogP contribution in [-0.2, 0) is 9.47 Å². The Labute approximate surface area is 97.8 Å². The van der Waals surface area contributed by atoms with Crippen molar-refractivity contribution >= 4 is 0 Å². The average Bonchev–Trinajstić information content (AvgIpc) is 2.31. The van der Waals surface area contributed by atoms with Crippen LogP contribution in [0.1, 0.15) is 51.4 Å². The highest BCUT2D eigenvalue weighted by Gasteiger charge is 1.93. The zero-order chi connectivity index (χ0) is 11.9. The molecule has 0 aromatic rings. The molecule has 0 atom stereocenters. The van der Waals surface area contributed by atoms with Crippen LogP contribution in [0.2, 0.25) is 0 Å². The van der Waals surface area contributed by atoms with Gasteiger partial charge in [0.2, 0.25) is 0 Å². The monoisotopic (exact) mass is 224 g/mol. The van der Waals surface area contributed by atoms with Gasteiger partial charge in [0.25, 0.3) is 12.5 Å². The van der Waals surface area contributed by atoms with Crippen molar-refractivity contribution in [2.24, 2.45) is 0 Å². The highest BCUT2D eigenvalue weighted by Crippen LogP contribution is 2.08. The summed E-state index contributed by atoms with van der Waals surface area (Å²) < 4.78 is 9.16. The number of unbranched alkanes of at least 4 members (excludes halogenated alkanes) is 7. The van der Waals surface area contributed by atoms with Crippen LogP contribution in [0.15, 0.2) is 0 Å². The van der Waals surface area contributed by atoms with E-state index in [2.05, 4.69) is 9.47 Å². The normalized spacial score (nSPS) is 9.12. The lowest BCUT2D eigenvalue weighted by atomic mass is 10.1. The molecule has 0 N–H and O–H groups in total. The van der Waals surface area contributed by atoms with Gasteiger partial charge >= 0.3 is 0 Å². The maximum Gasteiger partial charge on any atom is 0.286 e. The van der Waals surface area contributed by atoms with Crippen LogP contribution in [0.4, 0.5) is 0 Å². The van der Waals surface area contributed by atoms with Gasteiger partial charge in [-0.25, -0.2) is 0 Å². The Morgan fingerprint density at radius 2 is 0.875 bits per heavy atom. The van der Waals surface area contributed by atoms with E-state index in [0.717, 1.165) is 25.7 Å². The van der Waals surface area contributed by atoms with E-state index in [1.165, 1.54) is 25.7 Å². The molecule has 0 radical (unpaired) electrons. The third-order valence-electron chi connectivity index (χ3n) is 2.37. The molecule has 0 aliphatic heterocycles. The van der Waals surface area contributed by atoms with Crippen molar-refractivity contribution in [3.05, 3.63) is 0 Å². The molecule has 0 saturated heterocycles. The lowest BCUT2D eigenvalue weighted by Crippen LogP contribution is -1.89. The van der Waals surface area contributed by atoms with Gasteiger partial charge in [-0.05, 0) is 12.8 Å². The van der Waals surface area contributed by atoms with Gasteiger partial charge in [-0.15, -0.1) is 0 Å². The van der Waals surface area contributed by atoms with Crippen molar-refractivity contribution in [3.8, 4) is 12.5 Å². The second-order valence-electron chi connectivity index (χ2n) is 3.71. The highest BCUT2D eigenvalue weighted by atomic mass is 16.5. The molecule has 90 valence electrons. The van der Waals surface area contributed by atoms with E-state index in [0.29, 0.717) is 13.2 Å². The van der Waals surface area contributed by atoms with E-state index in [1.807, 2.05) is 0 Å². The first-order valence-electron chi connectivity index (χ1n) is 5.93. The number of hydrogen-bond donors (Lipinski definition) is 0. The third kappa shape index (κ3) is 12.6. The summed E-state index contributed by atoms with van der Waals surface area (Å²) in [5.41, 5.74) is 0. The van der Waals surface area contributed by atoms with Gasteiger partial charge in [0.1, 0.15) is 13.2 Å². The summed E-state index contributed by atoms with van der Waals surface area (Å²) in [7, 11) is 0. The molecule has 0 saturated carbocycles. The topological polar surface area (TPSA) is 66.0 Å². The van der Waals surface area contributed by atoms with E-state index in [1.54, 1.807) is 12.5 Å². The Morgan fingerprint density at radius 3 is 1.19 bits per heavy atom.